The van der Waals surface area contributed by atoms with Crippen molar-refractivity contribution in [2.24, 2.45) is 5.92 Å². The van der Waals surface area contributed by atoms with Gasteiger partial charge >= 0.3 is 0 Å². The van der Waals surface area contributed by atoms with Gasteiger partial charge in [0.1, 0.15) is 0 Å². The first kappa shape index (κ1) is 14.8. The predicted molar refractivity (Wildman–Crippen MR) is 76.1 cm³/mol. The van der Waals surface area contributed by atoms with E-state index in [0.29, 0.717) is 6.61 Å². The molecule has 0 spiro atoms. The molecule has 1 saturated heterocycles. The van der Waals surface area contributed by atoms with Crippen LogP contribution in [0.1, 0.15) is 44.9 Å². The Labute approximate surface area is 116 Å². The van der Waals surface area contributed by atoms with Crippen molar-refractivity contribution < 1.29 is 9.53 Å². The summed E-state index contributed by atoms with van der Waals surface area (Å²) in [7, 11) is 2.22. The molecule has 2 rings (SSSR count). The topological polar surface area (TPSA) is 41.6 Å². The van der Waals surface area contributed by atoms with E-state index in [1.807, 2.05) is 0 Å². The highest BCUT2D eigenvalue weighted by Gasteiger charge is 2.23. The Bertz CT molecular complexity index is 271. The van der Waals surface area contributed by atoms with Gasteiger partial charge in [-0.05, 0) is 39.3 Å². The molecule has 1 aliphatic heterocycles. The van der Waals surface area contributed by atoms with Crippen LogP contribution in [0.25, 0.3) is 0 Å². The third-order valence-corrected chi connectivity index (χ3v) is 4.49. The lowest BCUT2D eigenvalue weighted by Gasteiger charge is -2.31. The van der Waals surface area contributed by atoms with Crippen LogP contribution >= 0.6 is 0 Å². The van der Waals surface area contributed by atoms with Crippen molar-refractivity contribution >= 4 is 5.91 Å². The summed E-state index contributed by atoms with van der Waals surface area (Å²) in [4.78, 5) is 14.3. The first-order valence-corrected chi connectivity index (χ1v) is 7.83. The number of carbonyl (C=O) groups is 1. The minimum absolute atomic E-state index is 0.0936. The molecule has 0 aromatic rings. The molecule has 1 aliphatic carbocycles. The smallest absolute Gasteiger partial charge is 0.225 e. The molecule has 110 valence electrons. The zero-order valence-corrected chi connectivity index (χ0v) is 12.2. The third kappa shape index (κ3) is 4.77. The summed E-state index contributed by atoms with van der Waals surface area (Å²) in [5.74, 6) is 0.272. The number of ether oxygens (including phenoxy) is 1. The summed E-state index contributed by atoms with van der Waals surface area (Å²) >= 11 is 0. The highest BCUT2D eigenvalue weighted by Crippen LogP contribution is 2.21. The zero-order chi connectivity index (χ0) is 13.5. The van der Waals surface area contributed by atoms with Crippen LogP contribution in [-0.2, 0) is 9.53 Å². The SMILES string of the molecule is CN(CCCNC(=O)C1CCOC1)C1CCCCC1. The van der Waals surface area contributed by atoms with Gasteiger partial charge in [-0.25, -0.2) is 0 Å². The van der Waals surface area contributed by atoms with Crippen molar-refractivity contribution in [3.8, 4) is 0 Å². The number of carbonyl (C=O) groups excluding carboxylic acids is 1. The number of rotatable bonds is 6. The van der Waals surface area contributed by atoms with Crippen LogP contribution in [0.2, 0.25) is 0 Å². The van der Waals surface area contributed by atoms with Crippen molar-refractivity contribution in [3.05, 3.63) is 0 Å². The van der Waals surface area contributed by atoms with Crippen molar-refractivity contribution in [2.45, 2.75) is 51.0 Å². The molecule has 1 saturated carbocycles. The van der Waals surface area contributed by atoms with E-state index in [-0.39, 0.29) is 11.8 Å². The second kappa shape index (κ2) is 7.85. The molecule has 1 unspecified atom stereocenters. The number of amides is 1. The Morgan fingerprint density at radius 2 is 2.05 bits per heavy atom. The summed E-state index contributed by atoms with van der Waals surface area (Å²) < 4.78 is 5.23. The Balaban J connectivity index is 1.54. The average Bonchev–Trinajstić information content (AvgIpc) is 2.98. The van der Waals surface area contributed by atoms with E-state index in [1.165, 1.54) is 32.1 Å². The van der Waals surface area contributed by atoms with Gasteiger partial charge in [-0.3, -0.25) is 4.79 Å². The fourth-order valence-electron chi connectivity index (χ4n) is 3.13. The van der Waals surface area contributed by atoms with Crippen molar-refractivity contribution in [1.29, 1.82) is 0 Å². The average molecular weight is 268 g/mol. The number of hydrogen-bond acceptors (Lipinski definition) is 3. The van der Waals surface area contributed by atoms with Crippen molar-refractivity contribution in [3.63, 3.8) is 0 Å². The Morgan fingerprint density at radius 1 is 1.26 bits per heavy atom. The van der Waals surface area contributed by atoms with Gasteiger partial charge in [-0.15, -0.1) is 0 Å². The van der Waals surface area contributed by atoms with Gasteiger partial charge in [0, 0.05) is 19.2 Å². The van der Waals surface area contributed by atoms with Crippen LogP contribution < -0.4 is 5.32 Å². The monoisotopic (exact) mass is 268 g/mol. The van der Waals surface area contributed by atoms with Crippen LogP contribution in [-0.4, -0.2) is 50.2 Å². The maximum atomic E-state index is 11.8. The van der Waals surface area contributed by atoms with Crippen LogP contribution in [0.4, 0.5) is 0 Å². The lowest BCUT2D eigenvalue weighted by molar-refractivity contribution is -0.124. The van der Waals surface area contributed by atoms with Gasteiger partial charge in [-0.2, -0.15) is 0 Å². The van der Waals surface area contributed by atoms with E-state index >= 15 is 0 Å². The normalized spacial score (nSPS) is 24.8. The molecule has 0 radical (unpaired) electrons. The molecule has 1 heterocycles. The Kier molecular flexibility index (Phi) is 6.11. The van der Waals surface area contributed by atoms with E-state index in [2.05, 4.69) is 17.3 Å². The molecule has 1 amide bonds. The van der Waals surface area contributed by atoms with Gasteiger partial charge in [0.2, 0.25) is 5.91 Å². The Hall–Kier alpha value is -0.610. The van der Waals surface area contributed by atoms with Gasteiger partial charge in [-0.1, -0.05) is 19.3 Å². The second-order valence-electron chi connectivity index (χ2n) is 5.98. The molecule has 0 aromatic carbocycles. The molecule has 4 nitrogen and oxygen atoms in total. The van der Waals surface area contributed by atoms with Crippen LogP contribution in [0.15, 0.2) is 0 Å². The molecule has 19 heavy (non-hydrogen) atoms. The fourth-order valence-corrected chi connectivity index (χ4v) is 3.13. The predicted octanol–water partition coefficient (Wildman–Crippen LogP) is 1.79. The van der Waals surface area contributed by atoms with Crippen LogP contribution in [0.5, 0.6) is 0 Å². The molecule has 1 N–H and O–H groups in total. The molecule has 1 atom stereocenters. The molecular weight excluding hydrogens is 240 g/mol. The molecule has 0 bridgehead atoms. The maximum absolute atomic E-state index is 11.8. The number of nitrogens with zero attached hydrogens (tertiary/aromatic N) is 1. The van der Waals surface area contributed by atoms with E-state index in [0.717, 1.165) is 38.6 Å². The molecular formula is C15H28N2O2. The highest BCUT2D eigenvalue weighted by molar-refractivity contribution is 5.78. The van der Waals surface area contributed by atoms with Gasteiger partial charge in [0.25, 0.3) is 0 Å². The lowest BCUT2D eigenvalue weighted by atomic mass is 9.94. The second-order valence-corrected chi connectivity index (χ2v) is 5.98. The van der Waals surface area contributed by atoms with E-state index in [9.17, 15) is 4.79 Å². The van der Waals surface area contributed by atoms with E-state index in [4.69, 9.17) is 4.74 Å². The van der Waals surface area contributed by atoms with Crippen molar-refractivity contribution in [1.82, 2.24) is 10.2 Å². The van der Waals surface area contributed by atoms with E-state index < -0.39 is 0 Å². The van der Waals surface area contributed by atoms with Gasteiger partial charge in [0.15, 0.2) is 0 Å². The summed E-state index contributed by atoms with van der Waals surface area (Å²) in [6, 6.07) is 0.771. The minimum atomic E-state index is 0.0936. The fraction of sp³-hybridized carbons (Fsp3) is 0.933. The molecule has 2 fully saturated rings. The maximum Gasteiger partial charge on any atom is 0.225 e. The first-order valence-electron chi connectivity index (χ1n) is 7.83. The zero-order valence-electron chi connectivity index (χ0n) is 12.2. The van der Waals surface area contributed by atoms with Crippen LogP contribution in [0, 0.1) is 5.92 Å². The first-order chi connectivity index (χ1) is 9.27. The molecule has 4 heteroatoms. The largest absolute Gasteiger partial charge is 0.381 e. The van der Waals surface area contributed by atoms with E-state index in [1.54, 1.807) is 0 Å². The number of nitrogens with one attached hydrogen (secondary N) is 1. The minimum Gasteiger partial charge on any atom is -0.381 e. The molecule has 2 aliphatic rings. The standard InChI is InChI=1S/C15H28N2O2/c1-17(14-6-3-2-4-7-14)10-5-9-16-15(18)13-8-11-19-12-13/h13-14H,2-12H2,1H3,(H,16,18). The quantitative estimate of drug-likeness (QED) is 0.747. The Morgan fingerprint density at radius 3 is 2.74 bits per heavy atom. The summed E-state index contributed by atoms with van der Waals surface area (Å²) in [6.07, 6.45) is 8.80. The summed E-state index contributed by atoms with van der Waals surface area (Å²) in [5, 5.41) is 3.04. The van der Waals surface area contributed by atoms with Gasteiger partial charge in [0.05, 0.1) is 12.5 Å². The lowest BCUT2D eigenvalue weighted by Crippen LogP contribution is -2.37. The van der Waals surface area contributed by atoms with Gasteiger partial charge < -0.3 is 15.0 Å². The number of hydrogen-bond donors (Lipinski definition) is 1. The van der Waals surface area contributed by atoms with Crippen LogP contribution in [0.3, 0.4) is 0 Å². The summed E-state index contributed by atoms with van der Waals surface area (Å²) in [5.41, 5.74) is 0. The molecule has 0 aromatic heterocycles. The van der Waals surface area contributed by atoms with Crippen molar-refractivity contribution in [2.75, 3.05) is 33.4 Å². The highest BCUT2D eigenvalue weighted by atomic mass is 16.5. The third-order valence-electron chi connectivity index (χ3n) is 4.49. The summed E-state index contributed by atoms with van der Waals surface area (Å²) in [6.45, 7) is 3.23.